The van der Waals surface area contributed by atoms with Gasteiger partial charge in [0.15, 0.2) is 5.65 Å². The normalized spacial score (nSPS) is 11.1. The fourth-order valence-corrected chi connectivity index (χ4v) is 3.14. The summed E-state index contributed by atoms with van der Waals surface area (Å²) in [6.07, 6.45) is 3.36. The second kappa shape index (κ2) is 4.79. The number of anilines is 1. The van der Waals surface area contributed by atoms with Gasteiger partial charge in [0.1, 0.15) is 12.1 Å². The van der Waals surface area contributed by atoms with Gasteiger partial charge in [0, 0.05) is 19.0 Å². The molecule has 3 aromatic heterocycles. The number of hydrogen-bond donors (Lipinski definition) is 0. The third kappa shape index (κ3) is 2.29. The van der Waals surface area contributed by atoms with E-state index in [1.165, 1.54) is 4.88 Å². The van der Waals surface area contributed by atoms with Crippen molar-refractivity contribution in [3.8, 4) is 0 Å². The van der Waals surface area contributed by atoms with E-state index < -0.39 is 0 Å². The lowest BCUT2D eigenvalue weighted by Crippen LogP contribution is -2.17. The summed E-state index contributed by atoms with van der Waals surface area (Å²) >= 11 is 7.53. The molecule has 98 valence electrons. The third-order valence-electron chi connectivity index (χ3n) is 2.89. The molecule has 0 N–H and O–H groups in total. The molecule has 0 spiro atoms. The molecule has 0 aromatic carbocycles. The number of hydrogen-bond acceptors (Lipinski definition) is 5. The first kappa shape index (κ1) is 12.4. The van der Waals surface area contributed by atoms with Crippen LogP contribution in [0.5, 0.6) is 0 Å². The van der Waals surface area contributed by atoms with Crippen LogP contribution < -0.4 is 4.90 Å². The number of thiophene rings is 1. The number of halogens is 1. The van der Waals surface area contributed by atoms with Crippen LogP contribution in [0.2, 0.25) is 4.34 Å². The Morgan fingerprint density at radius 3 is 2.95 bits per heavy atom. The number of nitrogens with zero attached hydrogens (tertiary/aromatic N) is 5. The summed E-state index contributed by atoms with van der Waals surface area (Å²) in [5.74, 6) is 0.877. The molecule has 0 aliphatic carbocycles. The summed E-state index contributed by atoms with van der Waals surface area (Å²) in [6, 6.07) is 3.94. The predicted molar refractivity (Wildman–Crippen MR) is 77.7 cm³/mol. The van der Waals surface area contributed by atoms with Crippen LogP contribution in [-0.2, 0) is 13.6 Å². The van der Waals surface area contributed by atoms with Crippen LogP contribution in [-0.4, -0.2) is 26.8 Å². The van der Waals surface area contributed by atoms with Crippen molar-refractivity contribution < 1.29 is 0 Å². The van der Waals surface area contributed by atoms with Gasteiger partial charge in [-0.05, 0) is 12.1 Å². The zero-order valence-electron chi connectivity index (χ0n) is 10.5. The molecule has 0 fully saturated rings. The summed E-state index contributed by atoms with van der Waals surface area (Å²) in [5.41, 5.74) is 0.834. The van der Waals surface area contributed by atoms with Gasteiger partial charge in [-0.1, -0.05) is 11.6 Å². The first-order chi connectivity index (χ1) is 9.15. The van der Waals surface area contributed by atoms with Crippen LogP contribution in [0.1, 0.15) is 4.88 Å². The van der Waals surface area contributed by atoms with Gasteiger partial charge in [0.05, 0.1) is 22.5 Å². The van der Waals surface area contributed by atoms with Crippen LogP contribution in [0.4, 0.5) is 5.82 Å². The van der Waals surface area contributed by atoms with Gasteiger partial charge in [0.2, 0.25) is 0 Å². The van der Waals surface area contributed by atoms with E-state index in [0.717, 1.165) is 27.7 Å². The summed E-state index contributed by atoms with van der Waals surface area (Å²) < 4.78 is 2.55. The van der Waals surface area contributed by atoms with Gasteiger partial charge >= 0.3 is 0 Å². The molecular weight excluding hydrogens is 282 g/mol. The molecule has 0 radical (unpaired) electrons. The quantitative estimate of drug-likeness (QED) is 0.745. The van der Waals surface area contributed by atoms with Crippen LogP contribution in [0.25, 0.3) is 11.0 Å². The predicted octanol–water partition coefficient (Wildman–Crippen LogP) is 2.71. The highest BCUT2D eigenvalue weighted by atomic mass is 35.5. The SMILES string of the molecule is CN(Cc1ccc(Cl)s1)c1ncnc2c1cnn2C. The van der Waals surface area contributed by atoms with Crippen molar-refractivity contribution in [1.29, 1.82) is 0 Å². The first-order valence-corrected chi connectivity index (χ1v) is 6.92. The monoisotopic (exact) mass is 293 g/mol. The molecule has 0 atom stereocenters. The Morgan fingerprint density at radius 2 is 2.21 bits per heavy atom. The average Bonchev–Trinajstić information content (AvgIpc) is 2.96. The summed E-state index contributed by atoms with van der Waals surface area (Å²) in [7, 11) is 3.88. The zero-order chi connectivity index (χ0) is 13.4. The largest absolute Gasteiger partial charge is 0.354 e. The fraction of sp³-hybridized carbons (Fsp3) is 0.250. The van der Waals surface area contributed by atoms with E-state index in [-0.39, 0.29) is 0 Å². The maximum Gasteiger partial charge on any atom is 0.163 e. The van der Waals surface area contributed by atoms with Gasteiger partial charge in [0.25, 0.3) is 0 Å². The van der Waals surface area contributed by atoms with Crippen molar-refractivity contribution in [3.05, 3.63) is 33.9 Å². The minimum absolute atomic E-state index is 0.762. The van der Waals surface area contributed by atoms with E-state index in [4.69, 9.17) is 11.6 Å². The molecule has 5 nitrogen and oxygen atoms in total. The number of aromatic nitrogens is 4. The lowest BCUT2D eigenvalue weighted by atomic mass is 10.3. The molecule has 7 heteroatoms. The maximum absolute atomic E-state index is 5.95. The highest BCUT2D eigenvalue weighted by Crippen LogP contribution is 2.26. The first-order valence-electron chi connectivity index (χ1n) is 5.73. The van der Waals surface area contributed by atoms with Crippen molar-refractivity contribution in [2.75, 3.05) is 11.9 Å². The number of aryl methyl sites for hydroxylation is 1. The van der Waals surface area contributed by atoms with E-state index in [1.54, 1.807) is 28.5 Å². The van der Waals surface area contributed by atoms with E-state index in [9.17, 15) is 0 Å². The number of fused-ring (bicyclic) bond motifs is 1. The molecule has 3 rings (SSSR count). The van der Waals surface area contributed by atoms with Crippen LogP contribution in [0.3, 0.4) is 0 Å². The second-order valence-electron chi connectivity index (χ2n) is 4.26. The van der Waals surface area contributed by atoms with Crippen LogP contribution in [0, 0.1) is 0 Å². The Labute approximate surface area is 119 Å². The fourth-order valence-electron chi connectivity index (χ4n) is 2.00. The summed E-state index contributed by atoms with van der Waals surface area (Å²) in [6.45, 7) is 0.762. The van der Waals surface area contributed by atoms with Crippen molar-refractivity contribution in [2.45, 2.75) is 6.54 Å². The van der Waals surface area contributed by atoms with Crippen LogP contribution >= 0.6 is 22.9 Å². The smallest absolute Gasteiger partial charge is 0.163 e. The van der Waals surface area contributed by atoms with E-state index in [2.05, 4.69) is 20.0 Å². The molecule has 0 unspecified atom stereocenters. The highest BCUT2D eigenvalue weighted by Gasteiger charge is 2.12. The van der Waals surface area contributed by atoms with Crippen molar-refractivity contribution in [2.24, 2.45) is 7.05 Å². The second-order valence-corrected chi connectivity index (χ2v) is 6.06. The van der Waals surface area contributed by atoms with Crippen molar-refractivity contribution in [1.82, 2.24) is 19.7 Å². The van der Waals surface area contributed by atoms with Gasteiger partial charge in [-0.25, -0.2) is 9.97 Å². The molecule has 3 heterocycles. The minimum Gasteiger partial charge on any atom is -0.354 e. The molecular formula is C12H12ClN5S. The standard InChI is InChI=1S/C12H12ClN5S/c1-17(6-8-3-4-10(13)19-8)11-9-5-16-18(2)12(9)15-7-14-11/h3-5,7H,6H2,1-2H3. The topological polar surface area (TPSA) is 46.8 Å². The van der Waals surface area contributed by atoms with E-state index in [1.807, 2.05) is 26.2 Å². The molecule has 0 bridgehead atoms. The van der Waals surface area contributed by atoms with Crippen molar-refractivity contribution in [3.63, 3.8) is 0 Å². The Morgan fingerprint density at radius 1 is 1.37 bits per heavy atom. The molecule has 0 saturated heterocycles. The molecule has 3 aromatic rings. The lowest BCUT2D eigenvalue weighted by molar-refractivity contribution is 0.785. The average molecular weight is 294 g/mol. The zero-order valence-corrected chi connectivity index (χ0v) is 12.1. The Bertz CT molecular complexity index is 720. The van der Waals surface area contributed by atoms with Crippen LogP contribution in [0.15, 0.2) is 24.7 Å². The molecule has 0 amide bonds. The Kier molecular flexibility index (Phi) is 3.12. The molecule has 0 saturated carbocycles. The third-order valence-corrected chi connectivity index (χ3v) is 4.11. The van der Waals surface area contributed by atoms with Gasteiger partial charge in [-0.2, -0.15) is 5.10 Å². The molecule has 0 aliphatic rings. The summed E-state index contributed by atoms with van der Waals surface area (Å²) in [4.78, 5) is 11.9. The number of rotatable bonds is 3. The van der Waals surface area contributed by atoms with E-state index in [0.29, 0.717) is 0 Å². The Hall–Kier alpha value is -1.66. The van der Waals surface area contributed by atoms with E-state index >= 15 is 0 Å². The highest BCUT2D eigenvalue weighted by molar-refractivity contribution is 7.16. The van der Waals surface area contributed by atoms with Gasteiger partial charge in [-0.3, -0.25) is 4.68 Å². The minimum atomic E-state index is 0.762. The van der Waals surface area contributed by atoms with Gasteiger partial charge < -0.3 is 4.90 Å². The summed E-state index contributed by atoms with van der Waals surface area (Å²) in [5, 5.41) is 5.17. The van der Waals surface area contributed by atoms with Gasteiger partial charge in [-0.15, -0.1) is 11.3 Å². The van der Waals surface area contributed by atoms with Crippen molar-refractivity contribution >= 4 is 39.8 Å². The Balaban J connectivity index is 1.95. The molecule has 19 heavy (non-hydrogen) atoms. The maximum atomic E-state index is 5.95. The molecule has 0 aliphatic heterocycles. The lowest BCUT2D eigenvalue weighted by Gasteiger charge is -2.17.